The molecule has 0 saturated heterocycles. The molecule has 0 heterocycles. The van der Waals surface area contributed by atoms with Crippen molar-refractivity contribution in [2.75, 3.05) is 26.4 Å². The van der Waals surface area contributed by atoms with Gasteiger partial charge in [-0.05, 0) is 0 Å². The molecule has 0 spiro atoms. The Labute approximate surface area is 194 Å². The molecule has 0 aliphatic heterocycles. The van der Waals surface area contributed by atoms with E-state index in [-0.39, 0.29) is 13.2 Å². The lowest BCUT2D eigenvalue weighted by atomic mass is 10.2. The maximum absolute atomic E-state index is 13.4. The Kier molecular flexibility index (Phi) is 10.0. The summed E-state index contributed by atoms with van der Waals surface area (Å²) in [4.78, 5) is 23.0. The van der Waals surface area contributed by atoms with Crippen LogP contribution in [0, 0.1) is 58.2 Å². The molecular weight excluding hydrogens is 526 g/mol. The van der Waals surface area contributed by atoms with Gasteiger partial charge in [-0.3, -0.25) is 9.59 Å². The summed E-state index contributed by atoms with van der Waals surface area (Å²) in [6.45, 7) is -1.38. The van der Waals surface area contributed by atoms with Gasteiger partial charge < -0.3 is 18.9 Å². The van der Waals surface area contributed by atoms with Crippen LogP contribution in [-0.4, -0.2) is 38.4 Å². The lowest BCUT2D eigenvalue weighted by Gasteiger charge is -2.10. The minimum atomic E-state index is -2.43. The van der Waals surface area contributed by atoms with Gasteiger partial charge in [-0.2, -0.15) is 17.6 Å². The minimum absolute atomic E-state index is 0.248. The van der Waals surface area contributed by atoms with Crippen molar-refractivity contribution in [2.24, 2.45) is 0 Å². The van der Waals surface area contributed by atoms with Gasteiger partial charge in [0.15, 0.2) is 0 Å². The van der Waals surface area contributed by atoms with Crippen LogP contribution in [0.25, 0.3) is 0 Å². The Hall–Kier alpha value is -3.40. The fraction of sp³-hybridized carbons (Fsp3) is 0.300. The van der Waals surface area contributed by atoms with Crippen LogP contribution in [0.5, 0.6) is 11.5 Å². The molecule has 36 heavy (non-hydrogen) atoms. The fourth-order valence-electron chi connectivity index (χ4n) is 2.31. The molecule has 0 aliphatic carbocycles. The summed E-state index contributed by atoms with van der Waals surface area (Å²) in [7, 11) is 0. The van der Waals surface area contributed by atoms with E-state index in [2.05, 4.69) is 9.47 Å². The van der Waals surface area contributed by atoms with E-state index >= 15 is 0 Å². The van der Waals surface area contributed by atoms with E-state index in [9.17, 15) is 53.5 Å². The summed E-state index contributed by atoms with van der Waals surface area (Å²) < 4.78 is 150. The molecule has 0 aromatic heterocycles. The number of esters is 2. The van der Waals surface area contributed by atoms with E-state index in [0.717, 1.165) is 0 Å². The SMILES string of the molecule is O=C(CCOCCOCCC(=O)Oc1c(F)c(F)c(F)c(F)c1F)Oc1c(F)c(F)c(F)c(F)c1F. The molecule has 6 nitrogen and oxygen atoms in total. The molecule has 0 unspecified atom stereocenters. The van der Waals surface area contributed by atoms with Crippen molar-refractivity contribution in [1.29, 1.82) is 0 Å². The van der Waals surface area contributed by atoms with E-state index in [0.29, 0.717) is 0 Å². The minimum Gasteiger partial charge on any atom is -0.420 e. The van der Waals surface area contributed by atoms with Crippen LogP contribution in [0.3, 0.4) is 0 Å². The first-order chi connectivity index (χ1) is 16.9. The Bertz CT molecular complexity index is 1010. The molecule has 0 amide bonds. The highest BCUT2D eigenvalue weighted by Crippen LogP contribution is 2.30. The highest BCUT2D eigenvalue weighted by molar-refractivity contribution is 5.73. The van der Waals surface area contributed by atoms with Crippen LogP contribution in [0.2, 0.25) is 0 Å². The van der Waals surface area contributed by atoms with Crippen LogP contribution in [0.4, 0.5) is 43.9 Å². The Morgan fingerprint density at radius 3 is 0.944 bits per heavy atom. The zero-order valence-corrected chi connectivity index (χ0v) is 17.5. The number of benzene rings is 2. The summed E-state index contributed by atoms with van der Waals surface area (Å²) in [6.07, 6.45) is -1.35. The van der Waals surface area contributed by atoms with Crippen LogP contribution in [-0.2, 0) is 19.1 Å². The van der Waals surface area contributed by atoms with Crippen LogP contribution in [0.1, 0.15) is 12.8 Å². The van der Waals surface area contributed by atoms with Crippen molar-refractivity contribution >= 4 is 11.9 Å². The summed E-state index contributed by atoms with van der Waals surface area (Å²) in [6, 6.07) is 0. The van der Waals surface area contributed by atoms with Crippen LogP contribution < -0.4 is 9.47 Å². The molecule has 0 saturated carbocycles. The van der Waals surface area contributed by atoms with Gasteiger partial charge in [0, 0.05) is 0 Å². The first-order valence-electron chi connectivity index (χ1n) is 9.48. The van der Waals surface area contributed by atoms with Gasteiger partial charge in [0.1, 0.15) is 0 Å². The average molecular weight is 538 g/mol. The van der Waals surface area contributed by atoms with E-state index in [1.54, 1.807) is 0 Å². The summed E-state index contributed by atoms with van der Waals surface area (Å²) in [5, 5.41) is 0. The third-order valence-electron chi connectivity index (χ3n) is 4.04. The summed E-state index contributed by atoms with van der Waals surface area (Å²) >= 11 is 0. The van der Waals surface area contributed by atoms with E-state index in [4.69, 9.17) is 9.47 Å². The quantitative estimate of drug-likeness (QED) is 0.106. The summed E-state index contributed by atoms with van der Waals surface area (Å²) in [5.41, 5.74) is 0. The predicted molar refractivity (Wildman–Crippen MR) is 94.6 cm³/mol. The monoisotopic (exact) mass is 538 g/mol. The van der Waals surface area contributed by atoms with Crippen molar-refractivity contribution in [3.8, 4) is 11.5 Å². The van der Waals surface area contributed by atoms with E-state index in [1.807, 2.05) is 0 Å². The van der Waals surface area contributed by atoms with Crippen molar-refractivity contribution in [3.63, 3.8) is 0 Å². The van der Waals surface area contributed by atoms with E-state index in [1.165, 1.54) is 0 Å². The molecule has 198 valence electrons. The van der Waals surface area contributed by atoms with Crippen molar-refractivity contribution in [2.45, 2.75) is 12.8 Å². The second-order valence-corrected chi connectivity index (χ2v) is 6.47. The third kappa shape index (κ3) is 6.63. The molecule has 2 aromatic rings. The Morgan fingerprint density at radius 1 is 0.417 bits per heavy atom. The number of hydrogen-bond donors (Lipinski definition) is 0. The lowest BCUT2D eigenvalue weighted by molar-refractivity contribution is -0.137. The van der Waals surface area contributed by atoms with Crippen molar-refractivity contribution in [1.82, 2.24) is 0 Å². The number of carbonyl (C=O) groups is 2. The standard InChI is InChI=1S/C20H12F10O6/c21-9-11(23)15(27)19(16(28)12(9)24)35-7(31)1-3-33-5-6-34-4-2-8(32)36-20-17(29)13(25)10(22)14(26)18(20)30/h1-6H2. The smallest absolute Gasteiger partial charge is 0.313 e. The number of carbonyl (C=O) groups excluding carboxylic acids is 2. The van der Waals surface area contributed by atoms with Gasteiger partial charge in [-0.1, -0.05) is 0 Å². The van der Waals surface area contributed by atoms with Gasteiger partial charge in [-0.25, -0.2) is 26.3 Å². The number of rotatable bonds is 11. The molecule has 16 heteroatoms. The van der Waals surface area contributed by atoms with Crippen molar-refractivity contribution in [3.05, 3.63) is 58.2 Å². The first-order valence-corrected chi connectivity index (χ1v) is 9.48. The maximum Gasteiger partial charge on any atom is 0.313 e. The van der Waals surface area contributed by atoms with Crippen molar-refractivity contribution < 1.29 is 72.4 Å². The van der Waals surface area contributed by atoms with E-state index < -0.39 is 108 Å². The average Bonchev–Trinajstić information content (AvgIpc) is 2.85. The molecule has 0 bridgehead atoms. The second-order valence-electron chi connectivity index (χ2n) is 6.47. The fourth-order valence-corrected chi connectivity index (χ4v) is 2.31. The van der Waals surface area contributed by atoms with Gasteiger partial charge in [0.25, 0.3) is 0 Å². The molecule has 0 radical (unpaired) electrons. The number of halogens is 10. The normalized spacial score (nSPS) is 11.1. The first kappa shape index (κ1) is 28.8. The lowest BCUT2D eigenvalue weighted by Crippen LogP contribution is -2.17. The van der Waals surface area contributed by atoms with Gasteiger partial charge >= 0.3 is 11.9 Å². The number of ether oxygens (including phenoxy) is 4. The highest BCUT2D eigenvalue weighted by Gasteiger charge is 2.29. The zero-order valence-electron chi connectivity index (χ0n) is 17.5. The van der Waals surface area contributed by atoms with Gasteiger partial charge in [-0.15, -0.1) is 0 Å². The zero-order chi connectivity index (χ0) is 27.2. The topological polar surface area (TPSA) is 71.1 Å². The van der Waals surface area contributed by atoms with Gasteiger partial charge in [0.2, 0.25) is 69.7 Å². The maximum atomic E-state index is 13.4. The molecule has 2 aromatic carbocycles. The Morgan fingerprint density at radius 2 is 0.667 bits per heavy atom. The molecular formula is C20H12F10O6. The van der Waals surface area contributed by atoms with Gasteiger partial charge in [0.05, 0.1) is 39.3 Å². The molecule has 2 rings (SSSR count). The molecule has 0 fully saturated rings. The molecule has 0 atom stereocenters. The largest absolute Gasteiger partial charge is 0.420 e. The van der Waals surface area contributed by atoms with Crippen LogP contribution >= 0.6 is 0 Å². The third-order valence-corrected chi connectivity index (χ3v) is 4.04. The highest BCUT2D eigenvalue weighted by atomic mass is 19.2. The van der Waals surface area contributed by atoms with Crippen LogP contribution in [0.15, 0.2) is 0 Å². The molecule has 0 aliphatic rings. The summed E-state index contributed by atoms with van der Waals surface area (Å²) in [5.74, 6) is -29.8. The predicted octanol–water partition coefficient (Wildman–Crippen LogP) is 4.40. The number of hydrogen-bond acceptors (Lipinski definition) is 6. The Balaban J connectivity index is 1.67. The second kappa shape index (κ2) is 12.5. The molecule has 0 N–H and O–H groups in total.